The molecule has 3 aliphatic rings. The summed E-state index contributed by atoms with van der Waals surface area (Å²) in [6.07, 6.45) is 4.70. The average molecular weight is 326 g/mol. The number of ether oxygens (including phenoxy) is 1. The first-order valence-electron chi connectivity index (χ1n) is 7.99. The second-order valence-electron chi connectivity index (χ2n) is 6.74. The Morgan fingerprint density at radius 1 is 0.714 bits per heavy atom. The summed E-state index contributed by atoms with van der Waals surface area (Å²) in [6.45, 7) is 8.96. The maximum Gasteiger partial charge on any atom is 0.347 e. The zero-order valence-corrected chi connectivity index (χ0v) is 15.0. The van der Waals surface area contributed by atoms with Crippen LogP contribution in [0.25, 0.3) is 0 Å². The summed E-state index contributed by atoms with van der Waals surface area (Å²) in [4.78, 5) is 24.7. The first-order chi connectivity index (χ1) is 9.91. The first-order valence-corrected chi connectivity index (χ1v) is 10.9. The van der Waals surface area contributed by atoms with E-state index < -0.39 is 15.8 Å². The van der Waals surface area contributed by atoms with Crippen molar-refractivity contribution in [3.8, 4) is 0 Å². The Morgan fingerprint density at radius 2 is 1.00 bits per heavy atom. The van der Waals surface area contributed by atoms with Crippen LogP contribution >= 0.6 is 15.8 Å². The van der Waals surface area contributed by atoms with Gasteiger partial charge in [-0.1, -0.05) is 43.5 Å². The van der Waals surface area contributed by atoms with Crippen LogP contribution in [-0.4, -0.2) is 34.6 Å². The Bertz CT molecular complexity index is 450. The smallest absolute Gasteiger partial charge is 0.347 e. The number of esters is 2. The van der Waals surface area contributed by atoms with Gasteiger partial charge in [0.15, 0.2) is 0 Å². The SMILES string of the molecule is CC1CC[C@@H](C)P1C1=C(P2C(C)CC[C@H]2C)C(=O)OC1=O. The molecule has 21 heavy (non-hydrogen) atoms. The molecular weight excluding hydrogens is 302 g/mol. The Balaban J connectivity index is 2.07. The van der Waals surface area contributed by atoms with E-state index in [0.717, 1.165) is 10.6 Å². The molecule has 3 aliphatic heterocycles. The molecule has 3 rings (SSSR count). The molecule has 3 nitrogen and oxygen atoms in total. The average Bonchev–Trinajstić information content (AvgIpc) is 3.00. The summed E-state index contributed by atoms with van der Waals surface area (Å²) in [5, 5.41) is 1.67. The lowest BCUT2D eigenvalue weighted by atomic mass is 10.2. The minimum Gasteiger partial charge on any atom is -0.386 e. The van der Waals surface area contributed by atoms with Gasteiger partial charge in [-0.15, -0.1) is 0 Å². The van der Waals surface area contributed by atoms with Crippen LogP contribution in [-0.2, 0) is 14.3 Å². The molecule has 0 aromatic rings. The second kappa shape index (κ2) is 5.74. The number of hydrogen-bond donors (Lipinski definition) is 0. The highest BCUT2D eigenvalue weighted by atomic mass is 31.1. The molecule has 116 valence electrons. The summed E-state index contributed by atoms with van der Waals surface area (Å²) < 4.78 is 5.09. The fraction of sp³-hybridized carbons (Fsp3) is 0.750. The van der Waals surface area contributed by atoms with Gasteiger partial charge < -0.3 is 4.74 Å². The fourth-order valence-electron chi connectivity index (χ4n) is 4.10. The zero-order valence-electron chi connectivity index (χ0n) is 13.3. The molecule has 0 bridgehead atoms. The van der Waals surface area contributed by atoms with Crippen molar-refractivity contribution in [2.24, 2.45) is 0 Å². The topological polar surface area (TPSA) is 43.4 Å². The minimum absolute atomic E-state index is 0.310. The van der Waals surface area contributed by atoms with E-state index in [1.54, 1.807) is 0 Å². The number of cyclic esters (lactones) is 2. The third kappa shape index (κ3) is 2.51. The van der Waals surface area contributed by atoms with E-state index in [1.807, 2.05) is 0 Å². The highest BCUT2D eigenvalue weighted by molar-refractivity contribution is 7.70. The Kier molecular flexibility index (Phi) is 4.27. The highest BCUT2D eigenvalue weighted by Gasteiger charge is 2.48. The summed E-state index contributed by atoms with van der Waals surface area (Å²) >= 11 is 0. The lowest BCUT2D eigenvalue weighted by molar-refractivity contribution is -0.150. The van der Waals surface area contributed by atoms with Gasteiger partial charge in [0.25, 0.3) is 0 Å². The van der Waals surface area contributed by atoms with E-state index in [2.05, 4.69) is 27.7 Å². The summed E-state index contributed by atoms with van der Waals surface area (Å²) in [5.74, 6) is -0.619. The Morgan fingerprint density at radius 3 is 1.29 bits per heavy atom. The van der Waals surface area contributed by atoms with Crippen molar-refractivity contribution < 1.29 is 14.3 Å². The maximum absolute atomic E-state index is 12.4. The van der Waals surface area contributed by atoms with E-state index in [0.29, 0.717) is 22.6 Å². The van der Waals surface area contributed by atoms with Crippen LogP contribution in [0, 0.1) is 0 Å². The molecule has 0 radical (unpaired) electrons. The monoisotopic (exact) mass is 326 g/mol. The summed E-state index contributed by atoms with van der Waals surface area (Å²) in [6, 6.07) is 0. The van der Waals surface area contributed by atoms with Crippen LogP contribution in [0.5, 0.6) is 0 Å². The van der Waals surface area contributed by atoms with Crippen LogP contribution in [0.4, 0.5) is 0 Å². The molecule has 0 aromatic carbocycles. The van der Waals surface area contributed by atoms with Crippen LogP contribution in [0.3, 0.4) is 0 Å². The molecule has 2 fully saturated rings. The molecule has 5 heteroatoms. The predicted octanol–water partition coefficient (Wildman–Crippen LogP) is 4.39. The second-order valence-corrected chi connectivity index (χ2v) is 12.8. The minimum atomic E-state index is -0.528. The normalized spacial score (nSPS) is 43.8. The molecule has 0 aromatic heterocycles. The van der Waals surface area contributed by atoms with E-state index in [-0.39, 0.29) is 11.9 Å². The highest BCUT2D eigenvalue weighted by Crippen LogP contribution is 2.70. The van der Waals surface area contributed by atoms with Crippen molar-refractivity contribution in [2.45, 2.75) is 76.0 Å². The van der Waals surface area contributed by atoms with E-state index in [4.69, 9.17) is 4.74 Å². The number of hydrogen-bond acceptors (Lipinski definition) is 3. The lowest BCUT2D eigenvalue weighted by Crippen LogP contribution is -2.08. The third-order valence-corrected chi connectivity index (χ3v) is 12.1. The van der Waals surface area contributed by atoms with E-state index in [1.165, 1.54) is 25.7 Å². The first kappa shape index (κ1) is 15.6. The van der Waals surface area contributed by atoms with Gasteiger partial charge in [0.1, 0.15) is 0 Å². The van der Waals surface area contributed by atoms with E-state index >= 15 is 0 Å². The molecule has 6 atom stereocenters. The molecule has 0 saturated carbocycles. The van der Waals surface area contributed by atoms with Crippen molar-refractivity contribution in [1.82, 2.24) is 0 Å². The Hall–Kier alpha value is -0.260. The molecule has 3 heterocycles. The van der Waals surface area contributed by atoms with Crippen LogP contribution in [0.2, 0.25) is 0 Å². The van der Waals surface area contributed by atoms with Crippen molar-refractivity contribution in [2.75, 3.05) is 0 Å². The van der Waals surface area contributed by atoms with Crippen LogP contribution < -0.4 is 0 Å². The van der Waals surface area contributed by atoms with Gasteiger partial charge in [-0.05, 0) is 48.3 Å². The van der Waals surface area contributed by atoms with Gasteiger partial charge in [-0.25, -0.2) is 9.59 Å². The number of carbonyl (C=O) groups excluding carboxylic acids is 2. The van der Waals surface area contributed by atoms with Crippen molar-refractivity contribution in [3.63, 3.8) is 0 Å². The summed E-state index contributed by atoms with van der Waals surface area (Å²) in [5.41, 5.74) is 2.17. The maximum atomic E-state index is 12.4. The van der Waals surface area contributed by atoms with Gasteiger partial charge >= 0.3 is 11.9 Å². The predicted molar refractivity (Wildman–Crippen MR) is 88.3 cm³/mol. The van der Waals surface area contributed by atoms with Gasteiger partial charge in [-0.3, -0.25) is 0 Å². The lowest BCUT2D eigenvalue weighted by Gasteiger charge is -2.25. The van der Waals surface area contributed by atoms with E-state index in [9.17, 15) is 9.59 Å². The summed E-state index contributed by atoms with van der Waals surface area (Å²) in [7, 11) is -1.06. The molecule has 0 N–H and O–H groups in total. The largest absolute Gasteiger partial charge is 0.386 e. The van der Waals surface area contributed by atoms with Crippen molar-refractivity contribution >= 4 is 27.8 Å². The molecule has 0 spiro atoms. The van der Waals surface area contributed by atoms with Gasteiger partial charge in [0.05, 0.1) is 10.6 Å². The van der Waals surface area contributed by atoms with Gasteiger partial charge in [0, 0.05) is 0 Å². The fourth-order valence-corrected chi connectivity index (χ4v) is 11.2. The molecular formula is C16H24O3P2. The van der Waals surface area contributed by atoms with Crippen molar-refractivity contribution in [3.05, 3.63) is 10.6 Å². The quantitative estimate of drug-likeness (QED) is 0.429. The third-order valence-electron chi connectivity index (χ3n) is 5.22. The zero-order chi connectivity index (χ0) is 15.3. The molecule has 4 unspecified atom stereocenters. The van der Waals surface area contributed by atoms with Gasteiger partial charge in [-0.2, -0.15) is 0 Å². The molecule has 0 amide bonds. The van der Waals surface area contributed by atoms with Crippen molar-refractivity contribution in [1.29, 1.82) is 0 Å². The van der Waals surface area contributed by atoms with Gasteiger partial charge in [0.2, 0.25) is 0 Å². The standard InChI is InChI=1S/C16H24O3P2/c1-9-5-6-10(2)20(9)13-14(16(18)19-15(13)17)21-11(3)7-8-12(21)4/h9-12H,5-8H2,1-4H3/t9-,10?,11-,12?,20?,21?/m1/s1. The molecule has 0 aliphatic carbocycles. The number of carbonyl (C=O) groups is 2. The van der Waals surface area contributed by atoms with Crippen LogP contribution in [0.1, 0.15) is 53.4 Å². The number of rotatable bonds is 2. The molecule has 2 saturated heterocycles. The Labute approximate surface area is 129 Å². The van der Waals surface area contributed by atoms with Crippen LogP contribution in [0.15, 0.2) is 10.6 Å².